The number of carboxylic acid groups (broad SMARTS) is 1. The number of benzene rings is 1. The molecule has 0 aliphatic carbocycles. The number of hydrogen-bond acceptors (Lipinski definition) is 3. The van der Waals surface area contributed by atoms with Gasteiger partial charge in [-0.05, 0) is 34.1 Å². The van der Waals surface area contributed by atoms with Gasteiger partial charge < -0.3 is 5.11 Å². The second-order valence-corrected chi connectivity index (χ2v) is 5.87. The predicted molar refractivity (Wildman–Crippen MR) is 64.2 cm³/mol. The lowest BCUT2D eigenvalue weighted by molar-refractivity contribution is -0.134. The molecule has 0 spiro atoms. The highest BCUT2D eigenvalue weighted by Crippen LogP contribution is 2.25. The van der Waals surface area contributed by atoms with Gasteiger partial charge in [-0.2, -0.15) is 0 Å². The number of nitrogens with one attached hydrogen (secondary N) is 1. The minimum atomic E-state index is -3.89. The van der Waals surface area contributed by atoms with Gasteiger partial charge in [-0.25, -0.2) is 8.42 Å². The maximum atomic E-state index is 11.3. The number of carbonyl (C=O) groups is 1. The fourth-order valence-corrected chi connectivity index (χ4v) is 2.25. The fourth-order valence-electron chi connectivity index (χ4n) is 0.938. The molecule has 0 heterocycles. The van der Waals surface area contributed by atoms with Crippen molar-refractivity contribution < 1.29 is 18.3 Å². The normalized spacial score (nSPS) is 11.1. The third-order valence-electron chi connectivity index (χ3n) is 1.51. The molecule has 5 nitrogen and oxygen atoms in total. The van der Waals surface area contributed by atoms with E-state index in [4.69, 9.17) is 16.7 Å². The molecular weight excluding hydrogens is 322 g/mol. The number of hydrogen-bond donors (Lipinski definition) is 2. The van der Waals surface area contributed by atoms with Crippen molar-refractivity contribution >= 4 is 49.2 Å². The summed E-state index contributed by atoms with van der Waals surface area (Å²) in [6.07, 6.45) is 0. The number of halogens is 2. The average molecular weight is 329 g/mol. The van der Waals surface area contributed by atoms with E-state index >= 15 is 0 Å². The monoisotopic (exact) mass is 327 g/mol. The van der Waals surface area contributed by atoms with Crippen LogP contribution in [0, 0.1) is 0 Å². The van der Waals surface area contributed by atoms with Crippen LogP contribution in [0.2, 0.25) is 5.02 Å². The van der Waals surface area contributed by atoms with Crippen LogP contribution in [0.1, 0.15) is 0 Å². The van der Waals surface area contributed by atoms with Gasteiger partial charge in [0.25, 0.3) is 0 Å². The number of carboxylic acids is 1. The summed E-state index contributed by atoms with van der Waals surface area (Å²) >= 11 is 8.90. The summed E-state index contributed by atoms with van der Waals surface area (Å²) in [5.41, 5.74) is 0.217. The Bertz CT molecular complexity index is 517. The largest absolute Gasteiger partial charge is 0.480 e. The summed E-state index contributed by atoms with van der Waals surface area (Å²) in [6.45, 7) is 0. The van der Waals surface area contributed by atoms with Crippen molar-refractivity contribution in [2.24, 2.45) is 0 Å². The van der Waals surface area contributed by atoms with Gasteiger partial charge >= 0.3 is 5.97 Å². The van der Waals surface area contributed by atoms with Crippen molar-refractivity contribution in [3.05, 3.63) is 27.7 Å². The Morgan fingerprint density at radius 3 is 2.62 bits per heavy atom. The molecule has 1 rings (SSSR count). The molecule has 0 saturated carbocycles. The molecule has 0 radical (unpaired) electrons. The van der Waals surface area contributed by atoms with Crippen LogP contribution >= 0.6 is 27.5 Å². The first-order chi connectivity index (χ1) is 7.30. The van der Waals surface area contributed by atoms with E-state index in [-0.39, 0.29) is 5.69 Å². The lowest BCUT2D eigenvalue weighted by atomic mass is 10.3. The summed E-state index contributed by atoms with van der Waals surface area (Å²) in [5, 5.41) is 8.70. The summed E-state index contributed by atoms with van der Waals surface area (Å²) < 4.78 is 25.2. The third kappa shape index (κ3) is 3.99. The highest BCUT2D eigenvalue weighted by molar-refractivity contribution is 9.10. The van der Waals surface area contributed by atoms with Crippen LogP contribution in [-0.4, -0.2) is 25.2 Å². The Morgan fingerprint density at radius 1 is 1.50 bits per heavy atom. The Balaban J connectivity index is 2.88. The van der Waals surface area contributed by atoms with E-state index in [9.17, 15) is 13.2 Å². The molecule has 2 N–H and O–H groups in total. The number of sulfonamides is 1. The average Bonchev–Trinajstić information content (AvgIpc) is 2.08. The van der Waals surface area contributed by atoms with E-state index in [2.05, 4.69) is 20.7 Å². The molecular formula is C8H7BrClNO4S. The van der Waals surface area contributed by atoms with Crippen molar-refractivity contribution in [1.82, 2.24) is 0 Å². The molecule has 1 aromatic carbocycles. The van der Waals surface area contributed by atoms with Crippen LogP contribution in [0.4, 0.5) is 5.69 Å². The van der Waals surface area contributed by atoms with E-state index in [1.807, 2.05) is 0 Å². The highest BCUT2D eigenvalue weighted by atomic mass is 79.9. The van der Waals surface area contributed by atoms with Crippen LogP contribution in [0.15, 0.2) is 22.7 Å². The Labute approximate surface area is 106 Å². The van der Waals surface area contributed by atoms with Gasteiger partial charge in [0.05, 0.1) is 10.7 Å². The third-order valence-corrected chi connectivity index (χ3v) is 3.91. The molecule has 0 aliphatic rings. The number of aliphatic carboxylic acids is 1. The van der Waals surface area contributed by atoms with Crippen molar-refractivity contribution in [1.29, 1.82) is 0 Å². The molecule has 0 amide bonds. The van der Waals surface area contributed by atoms with Crippen molar-refractivity contribution in [2.75, 3.05) is 10.5 Å². The van der Waals surface area contributed by atoms with Crippen LogP contribution in [0.5, 0.6) is 0 Å². The van der Waals surface area contributed by atoms with Gasteiger partial charge in [-0.3, -0.25) is 9.52 Å². The second kappa shape index (κ2) is 5.03. The van der Waals surface area contributed by atoms with Gasteiger partial charge in [0.15, 0.2) is 5.75 Å². The Hall–Kier alpha value is -0.790. The van der Waals surface area contributed by atoms with Crippen molar-refractivity contribution in [3.8, 4) is 0 Å². The highest BCUT2D eigenvalue weighted by Gasteiger charge is 2.15. The van der Waals surface area contributed by atoms with Gasteiger partial charge in [0, 0.05) is 4.47 Å². The minimum absolute atomic E-state index is 0.217. The standard InChI is InChI=1S/C8H7BrClNO4S/c9-6-2-1-5(3-7(6)10)11-16(14,15)4-8(12)13/h1-3,11H,4H2,(H,12,13). The van der Waals surface area contributed by atoms with Crippen LogP contribution in [0.25, 0.3) is 0 Å². The quantitative estimate of drug-likeness (QED) is 0.884. The molecule has 0 bridgehead atoms. The van der Waals surface area contributed by atoms with Crippen molar-refractivity contribution in [2.45, 2.75) is 0 Å². The zero-order valence-corrected chi connectivity index (χ0v) is 10.9. The van der Waals surface area contributed by atoms with E-state index in [1.165, 1.54) is 12.1 Å². The van der Waals surface area contributed by atoms with Gasteiger partial charge in [0.1, 0.15) is 0 Å². The molecule has 0 saturated heterocycles. The summed E-state index contributed by atoms with van der Waals surface area (Å²) in [7, 11) is -3.89. The SMILES string of the molecule is O=C(O)CS(=O)(=O)Nc1ccc(Br)c(Cl)c1. The molecule has 0 unspecified atom stereocenters. The first-order valence-corrected chi connectivity index (χ1v) is 6.80. The van der Waals surface area contributed by atoms with Gasteiger partial charge in [0.2, 0.25) is 10.0 Å². The van der Waals surface area contributed by atoms with E-state index < -0.39 is 21.7 Å². The molecule has 0 aliphatic heterocycles. The molecule has 16 heavy (non-hydrogen) atoms. The lowest BCUT2D eigenvalue weighted by Crippen LogP contribution is -2.22. The maximum Gasteiger partial charge on any atom is 0.320 e. The Kier molecular flexibility index (Phi) is 4.17. The van der Waals surface area contributed by atoms with Gasteiger partial charge in [-0.15, -0.1) is 0 Å². The smallest absolute Gasteiger partial charge is 0.320 e. The van der Waals surface area contributed by atoms with E-state index in [0.717, 1.165) is 0 Å². The molecule has 8 heteroatoms. The molecule has 0 aromatic heterocycles. The molecule has 0 fully saturated rings. The zero-order valence-electron chi connectivity index (χ0n) is 7.78. The van der Waals surface area contributed by atoms with Crippen LogP contribution in [0.3, 0.4) is 0 Å². The zero-order chi connectivity index (χ0) is 12.3. The first-order valence-electron chi connectivity index (χ1n) is 3.97. The lowest BCUT2D eigenvalue weighted by Gasteiger charge is -2.06. The van der Waals surface area contributed by atoms with Crippen LogP contribution in [-0.2, 0) is 14.8 Å². The van der Waals surface area contributed by atoms with Gasteiger partial charge in [-0.1, -0.05) is 11.6 Å². The first kappa shape index (κ1) is 13.3. The van der Waals surface area contributed by atoms with Crippen molar-refractivity contribution in [3.63, 3.8) is 0 Å². The summed E-state index contributed by atoms with van der Waals surface area (Å²) in [6, 6.07) is 4.40. The number of anilines is 1. The summed E-state index contributed by atoms with van der Waals surface area (Å²) in [4.78, 5) is 10.3. The minimum Gasteiger partial charge on any atom is -0.480 e. The number of rotatable bonds is 4. The predicted octanol–water partition coefficient (Wildman–Crippen LogP) is 1.93. The summed E-state index contributed by atoms with van der Waals surface area (Å²) in [5.74, 6) is -2.41. The Morgan fingerprint density at radius 2 is 2.12 bits per heavy atom. The maximum absolute atomic E-state index is 11.3. The molecule has 88 valence electrons. The molecule has 1 aromatic rings. The van der Waals surface area contributed by atoms with Crippen LogP contribution < -0.4 is 4.72 Å². The molecule has 0 atom stereocenters. The fraction of sp³-hybridized carbons (Fsp3) is 0.125. The second-order valence-electron chi connectivity index (χ2n) is 2.88. The topological polar surface area (TPSA) is 83.5 Å². The van der Waals surface area contributed by atoms with E-state index in [0.29, 0.717) is 9.50 Å². The van der Waals surface area contributed by atoms with E-state index in [1.54, 1.807) is 6.07 Å².